The second kappa shape index (κ2) is 5.83. The lowest BCUT2D eigenvalue weighted by molar-refractivity contribution is -0.270. The van der Waals surface area contributed by atoms with Crippen molar-refractivity contribution in [3.63, 3.8) is 0 Å². The van der Waals surface area contributed by atoms with Crippen LogP contribution in [0.4, 0.5) is 26.9 Å². The molecule has 0 saturated carbocycles. The first-order valence-electron chi connectivity index (χ1n) is 3.33. The first kappa shape index (κ1) is 13.2. The van der Waals surface area contributed by atoms with Crippen molar-refractivity contribution in [2.45, 2.75) is 12.1 Å². The Bertz CT molecular complexity index is 175. The summed E-state index contributed by atoms with van der Waals surface area (Å²) in [6, 6.07) is -4.52. The summed E-state index contributed by atoms with van der Waals surface area (Å²) in [6.45, 7) is 1.33. The van der Waals surface area contributed by atoms with E-state index in [-0.39, 0.29) is 0 Å². The Morgan fingerprint density at radius 2 is 1.50 bits per heavy atom. The molecule has 14 heavy (non-hydrogen) atoms. The molecule has 0 aromatic rings. The molecule has 3 nitrogen and oxygen atoms in total. The van der Waals surface area contributed by atoms with Crippen molar-refractivity contribution in [1.29, 1.82) is 0 Å². The van der Waals surface area contributed by atoms with E-state index in [0.717, 1.165) is 0 Å². The summed E-state index contributed by atoms with van der Waals surface area (Å²) in [4.78, 5) is 0. The molecule has 0 fully saturated rings. The van der Waals surface area contributed by atoms with E-state index >= 15 is 0 Å². The average molecular weight is 223 g/mol. The lowest BCUT2D eigenvalue weighted by Crippen LogP contribution is -2.44. The molecule has 2 atom stereocenters. The summed E-state index contributed by atoms with van der Waals surface area (Å²) in [5.74, 6) is 0. The van der Waals surface area contributed by atoms with E-state index in [2.05, 4.69) is 6.58 Å². The maximum atomic E-state index is 11.9. The zero-order valence-corrected chi connectivity index (χ0v) is 6.76. The van der Waals surface area contributed by atoms with Crippen LogP contribution < -0.4 is 0 Å². The van der Waals surface area contributed by atoms with Gasteiger partial charge in [0.1, 0.15) is 12.1 Å². The fourth-order valence-corrected chi connectivity index (χ4v) is 0.793. The largest absolute Gasteiger partial charge is 0.115 e. The van der Waals surface area contributed by atoms with E-state index in [1.165, 1.54) is 0 Å². The summed E-state index contributed by atoms with van der Waals surface area (Å²) in [5.41, 5.74) is 0. The van der Waals surface area contributed by atoms with Crippen LogP contribution in [0.25, 0.3) is 0 Å². The van der Waals surface area contributed by atoms with Crippen molar-refractivity contribution >= 4 is 0 Å². The molecule has 0 saturated heterocycles. The first-order valence-corrected chi connectivity index (χ1v) is 3.33. The van der Waals surface area contributed by atoms with Gasteiger partial charge in [0.15, 0.2) is 0 Å². The van der Waals surface area contributed by atoms with Crippen LogP contribution in [0.5, 0.6) is 0 Å². The Morgan fingerprint density at radius 3 is 1.71 bits per heavy atom. The predicted molar refractivity (Wildman–Crippen MR) is 34.8 cm³/mol. The van der Waals surface area contributed by atoms with Gasteiger partial charge in [-0.25, -0.2) is 0 Å². The van der Waals surface area contributed by atoms with Crippen molar-refractivity contribution in [3.05, 3.63) is 12.7 Å². The maximum absolute atomic E-state index is 11.9. The van der Waals surface area contributed by atoms with Gasteiger partial charge in [-0.3, -0.25) is 0 Å². The van der Waals surface area contributed by atoms with Crippen molar-refractivity contribution < 1.29 is 26.9 Å². The van der Waals surface area contributed by atoms with Crippen LogP contribution in [0.2, 0.25) is 0 Å². The number of halogens is 6. The Kier molecular flexibility index (Phi) is 5.50. The van der Waals surface area contributed by atoms with Crippen LogP contribution in [0.1, 0.15) is 0 Å². The van der Waals surface area contributed by atoms with Gasteiger partial charge in [0.2, 0.25) is 0 Å². The minimum Gasteiger partial charge on any atom is -0.101 e. The highest BCUT2D eigenvalue weighted by Gasteiger charge is 2.34. The molecule has 0 heterocycles. The fourth-order valence-electron chi connectivity index (χ4n) is 0.793. The summed E-state index contributed by atoms with van der Waals surface area (Å²) < 4.78 is 70.8. The van der Waals surface area contributed by atoms with Gasteiger partial charge >= 0.3 is 0 Å². The van der Waals surface area contributed by atoms with Gasteiger partial charge in [-0.05, 0) is 0 Å². The van der Waals surface area contributed by atoms with E-state index < -0.39 is 34.7 Å². The van der Waals surface area contributed by atoms with E-state index in [9.17, 15) is 26.9 Å². The molecular weight excluding hydrogens is 216 g/mol. The van der Waals surface area contributed by atoms with Crippen molar-refractivity contribution in [1.82, 2.24) is 16.0 Å². The van der Waals surface area contributed by atoms with Crippen LogP contribution in [-0.4, -0.2) is 34.7 Å². The van der Waals surface area contributed by atoms with Crippen LogP contribution >= 0.6 is 0 Å². The molecule has 9 heteroatoms. The van der Waals surface area contributed by atoms with Gasteiger partial charge < -0.3 is 0 Å². The summed E-state index contributed by atoms with van der Waals surface area (Å²) >= 11 is 0. The smallest absolute Gasteiger partial charge is 0.101 e. The lowest BCUT2D eigenvalue weighted by Gasteiger charge is -2.23. The third-order valence-corrected chi connectivity index (χ3v) is 1.44. The highest BCUT2D eigenvalue weighted by molar-refractivity contribution is 4.91. The van der Waals surface area contributed by atoms with Gasteiger partial charge in [-0.2, -0.15) is 0 Å². The van der Waals surface area contributed by atoms with E-state index in [1.54, 1.807) is 0 Å². The van der Waals surface area contributed by atoms with Crippen LogP contribution in [0.15, 0.2) is 12.7 Å². The normalized spacial score (nSPS) is 16.4. The van der Waals surface area contributed by atoms with Gasteiger partial charge in [0.05, 0.1) is 6.54 Å². The average Bonchev–Trinajstić information content (AvgIpc) is 2.02. The topological polar surface area (TPSA) is 9.72 Å². The molecular formula is C5H7F6N3. The summed E-state index contributed by atoms with van der Waals surface area (Å²) in [7, 11) is 0. The van der Waals surface area contributed by atoms with Crippen molar-refractivity contribution in [2.24, 2.45) is 0 Å². The standard InChI is InChI=1S/C5H7F6N3/c1-2-4(13(8)9)5(14(10)11)3-12(6)7/h2,4-5H,1,3H2. The minimum absolute atomic E-state index is 0.459. The molecule has 0 radical (unpaired) electrons. The maximum Gasteiger partial charge on any atom is 0.115 e. The minimum atomic E-state index is -2.35. The van der Waals surface area contributed by atoms with Gasteiger partial charge in [-0.1, -0.05) is 6.08 Å². The van der Waals surface area contributed by atoms with Crippen LogP contribution in [-0.2, 0) is 0 Å². The zero-order chi connectivity index (χ0) is 11.3. The number of hydrogen-bond acceptors (Lipinski definition) is 3. The Morgan fingerprint density at radius 1 is 1.00 bits per heavy atom. The third kappa shape index (κ3) is 3.94. The molecule has 0 N–H and O–H groups in total. The Balaban J connectivity index is 4.52. The van der Waals surface area contributed by atoms with E-state index in [4.69, 9.17) is 0 Å². The quantitative estimate of drug-likeness (QED) is 0.388. The van der Waals surface area contributed by atoms with E-state index in [1.807, 2.05) is 0 Å². The van der Waals surface area contributed by atoms with Gasteiger partial charge in [-0.15, -0.1) is 33.5 Å². The first-order chi connectivity index (χ1) is 6.40. The molecule has 0 aromatic carbocycles. The molecule has 2 unspecified atom stereocenters. The number of rotatable bonds is 6. The lowest BCUT2D eigenvalue weighted by atomic mass is 10.1. The predicted octanol–water partition coefficient (Wildman–Crippen LogP) is 2.12. The Labute approximate surface area is 75.4 Å². The fraction of sp³-hybridized carbons (Fsp3) is 0.600. The van der Waals surface area contributed by atoms with Gasteiger partial charge in [0.25, 0.3) is 0 Å². The monoisotopic (exact) mass is 223 g/mol. The zero-order valence-electron chi connectivity index (χ0n) is 6.76. The molecule has 84 valence electrons. The molecule has 0 aliphatic carbocycles. The number of hydrogen-bond donors (Lipinski definition) is 0. The molecule has 0 aliphatic heterocycles. The second-order valence-electron chi connectivity index (χ2n) is 2.30. The molecule has 0 aromatic heterocycles. The van der Waals surface area contributed by atoms with Crippen LogP contribution in [0.3, 0.4) is 0 Å². The molecule has 0 rings (SSSR count). The Hall–Kier alpha value is -0.800. The highest BCUT2D eigenvalue weighted by atomic mass is 19.4. The highest BCUT2D eigenvalue weighted by Crippen LogP contribution is 2.16. The molecule has 0 spiro atoms. The molecule has 0 bridgehead atoms. The van der Waals surface area contributed by atoms with E-state index in [0.29, 0.717) is 6.08 Å². The summed E-state index contributed by atoms with van der Waals surface area (Å²) in [6.07, 6.45) is 0.459. The summed E-state index contributed by atoms with van der Waals surface area (Å²) in [5, 5.41) is -4.91. The van der Waals surface area contributed by atoms with Gasteiger partial charge in [0, 0.05) is 16.0 Å². The third-order valence-electron chi connectivity index (χ3n) is 1.44. The van der Waals surface area contributed by atoms with Crippen LogP contribution in [0, 0.1) is 0 Å². The molecule has 0 aliphatic rings. The van der Waals surface area contributed by atoms with Crippen molar-refractivity contribution in [2.75, 3.05) is 6.54 Å². The SMILES string of the molecule is C=CC(C(CN(F)F)N(F)F)N(F)F. The number of nitrogens with zero attached hydrogens (tertiary/aromatic N) is 3. The second-order valence-corrected chi connectivity index (χ2v) is 2.30. The van der Waals surface area contributed by atoms with Crippen molar-refractivity contribution in [3.8, 4) is 0 Å². The molecule has 0 amide bonds.